The zero-order chi connectivity index (χ0) is 16.6. The average Bonchev–Trinajstić information content (AvgIpc) is 2.34. The molecule has 0 saturated carbocycles. The van der Waals surface area contributed by atoms with Gasteiger partial charge in [-0.25, -0.2) is 0 Å². The van der Waals surface area contributed by atoms with Crippen LogP contribution in [0, 0.1) is 0 Å². The van der Waals surface area contributed by atoms with Gasteiger partial charge in [-0.2, -0.15) is 13.5 Å². The Bertz CT molecular complexity index is 779. The zero-order valence-electron chi connectivity index (χ0n) is 10.6. The summed E-state index contributed by atoms with van der Waals surface area (Å²) < 4.78 is 22.4. The maximum atomic E-state index is 11.2. The van der Waals surface area contributed by atoms with Crippen LogP contribution in [0.25, 0.3) is 0 Å². The second-order valence-electron chi connectivity index (χ2n) is 3.74. The van der Waals surface area contributed by atoms with Crippen molar-refractivity contribution in [2.75, 3.05) is 7.11 Å². The predicted octanol–water partition coefficient (Wildman–Crippen LogP) is 7.93. The monoisotopic (exact) mass is 461 g/mol. The van der Waals surface area contributed by atoms with E-state index in [0.29, 0.717) is 6.29 Å². The molecular weight excluding hydrogens is 456 g/mol. The molecule has 0 saturated heterocycles. The third-order valence-corrected chi connectivity index (χ3v) is 14.1. The van der Waals surface area contributed by atoms with Crippen molar-refractivity contribution in [1.82, 2.24) is 0 Å². The molecule has 0 spiro atoms. The number of halogens is 5. The first-order chi connectivity index (χ1) is 10.1. The molecule has 0 fully saturated rings. The Balaban J connectivity index is 2.61. The minimum Gasteiger partial charge on any atom is -0.493 e. The number of hydrogen-bond donors (Lipinski definition) is 0. The number of methoxy groups -OCH3 is 1. The van der Waals surface area contributed by atoms with Gasteiger partial charge in [-0.3, -0.25) is 4.79 Å². The van der Waals surface area contributed by atoms with Crippen molar-refractivity contribution in [1.29, 1.82) is 0 Å². The number of aldehydes is 1. The van der Waals surface area contributed by atoms with Crippen molar-refractivity contribution in [2.24, 2.45) is 13.5 Å². The van der Waals surface area contributed by atoms with Crippen LogP contribution >= 0.6 is 74.8 Å². The van der Waals surface area contributed by atoms with E-state index < -0.39 is 18.6 Å². The minimum atomic E-state index is -3.45. The topological polar surface area (TPSA) is 72.6 Å². The molecule has 1 unspecified atom stereocenters. The highest BCUT2D eigenvalue weighted by atomic mass is 35.9. The van der Waals surface area contributed by atoms with Crippen molar-refractivity contribution < 1.29 is 14.1 Å². The lowest BCUT2D eigenvalue weighted by atomic mass is 10.2. The van der Waals surface area contributed by atoms with Gasteiger partial charge in [0, 0.05) is 0 Å². The Morgan fingerprint density at radius 2 is 1.68 bits per heavy atom. The summed E-state index contributed by atoms with van der Waals surface area (Å²) in [5, 5.41) is 0. The van der Waals surface area contributed by atoms with Crippen molar-refractivity contribution >= 4 is 81.1 Å². The summed E-state index contributed by atoms with van der Waals surface area (Å²) in [6, 6.07) is 4.70. The lowest BCUT2D eigenvalue weighted by Crippen LogP contribution is -1.95. The molecule has 1 aromatic rings. The Hall–Kier alpha value is 0.630. The quantitative estimate of drug-likeness (QED) is 0.336. The van der Waals surface area contributed by atoms with E-state index in [1.807, 2.05) is 0 Å². The molecule has 0 aromatic heterocycles. The number of benzene rings is 1. The van der Waals surface area contributed by atoms with Crippen LogP contribution in [0.3, 0.4) is 0 Å². The van der Waals surface area contributed by atoms with Gasteiger partial charge in [0.25, 0.3) is 11.8 Å². The van der Waals surface area contributed by atoms with Gasteiger partial charge in [-0.05, 0) is 68.3 Å². The smallest absolute Gasteiger partial charge is 0.350 e. The molecule has 14 heteroatoms. The van der Waals surface area contributed by atoms with E-state index in [9.17, 15) is 4.79 Å². The number of rotatable bonds is 4. The van der Waals surface area contributed by atoms with E-state index in [1.54, 1.807) is 12.1 Å². The molecule has 1 aliphatic heterocycles. The molecule has 0 bridgehead atoms. The molecule has 1 aromatic carbocycles. The first-order valence-electron chi connectivity index (χ1n) is 5.31. The summed E-state index contributed by atoms with van der Waals surface area (Å²) in [4.78, 5) is 11.2. The predicted molar refractivity (Wildman–Crippen MR) is 96.3 cm³/mol. The van der Waals surface area contributed by atoms with Crippen LogP contribution in [0.4, 0.5) is 0 Å². The van der Waals surface area contributed by atoms with Crippen LogP contribution in [-0.4, -0.2) is 13.4 Å². The summed E-state index contributed by atoms with van der Waals surface area (Å²) >= 11 is 30.1. The van der Waals surface area contributed by atoms with Crippen LogP contribution < -0.4 is 9.26 Å². The molecule has 0 N–H and O–H groups in total. The van der Waals surface area contributed by atoms with Gasteiger partial charge in [0.05, 0.1) is 12.7 Å². The molecule has 0 radical (unpaired) electrons. The fraction of sp³-hybridized carbons (Fsp3) is 0.125. The summed E-state index contributed by atoms with van der Waals surface area (Å²) in [5.74, 6) is -6.11. The van der Waals surface area contributed by atoms with E-state index in [1.165, 1.54) is 13.2 Å². The third-order valence-electron chi connectivity index (χ3n) is 2.21. The Morgan fingerprint density at radius 1 is 1.05 bits per heavy atom. The van der Waals surface area contributed by atoms with E-state index in [2.05, 4.69) is 13.5 Å². The molecule has 6 nitrogen and oxygen atoms in total. The number of hydrogen-bond acceptors (Lipinski definition) is 6. The van der Waals surface area contributed by atoms with Crippen molar-refractivity contribution in [2.45, 2.75) is 0 Å². The largest absolute Gasteiger partial charge is 0.493 e. The summed E-state index contributed by atoms with van der Waals surface area (Å²) in [5.41, 5.74) is 0.188. The van der Waals surface area contributed by atoms with Gasteiger partial charge in [-0.15, -0.1) is 0 Å². The van der Waals surface area contributed by atoms with E-state index in [4.69, 9.17) is 65.5 Å². The first-order valence-corrected chi connectivity index (χ1v) is 14.8. The van der Waals surface area contributed by atoms with Crippen LogP contribution in [0.1, 0.15) is 10.4 Å². The summed E-state index contributed by atoms with van der Waals surface area (Å²) in [6.07, 6.45) is 0.572. The fourth-order valence-electron chi connectivity index (χ4n) is 1.49. The molecule has 1 atom stereocenters. The molecular formula is C8H7Cl5N3O3P3. The van der Waals surface area contributed by atoms with Crippen molar-refractivity contribution in [3.05, 3.63) is 23.8 Å². The highest BCUT2D eigenvalue weighted by Gasteiger charge is 2.35. The molecule has 22 heavy (non-hydrogen) atoms. The molecule has 0 amide bonds. The van der Waals surface area contributed by atoms with Crippen LogP contribution in [0.2, 0.25) is 0 Å². The van der Waals surface area contributed by atoms with Gasteiger partial charge < -0.3 is 9.26 Å². The number of carbonyl (C=O) groups excluding carboxylic acids is 1. The van der Waals surface area contributed by atoms with Gasteiger partial charge in [0.2, 0.25) is 0 Å². The lowest BCUT2D eigenvalue weighted by molar-refractivity contribution is 0.112. The molecule has 122 valence electrons. The number of ether oxygens (including phenoxy) is 1. The highest BCUT2D eigenvalue weighted by Crippen LogP contribution is 2.86. The molecule has 0 aliphatic carbocycles. The standard InChI is InChI=1S/C8H7Cl5N3O3P3/c1-18-7-4-2-3-6(5-17)8(7)19-22(13)15-20(9,10)14-21(11,12)16-22/h2-5H,1H3. The van der Waals surface area contributed by atoms with Gasteiger partial charge in [0.15, 0.2) is 17.8 Å². The van der Waals surface area contributed by atoms with Crippen LogP contribution in [0.5, 0.6) is 11.5 Å². The SMILES string of the molecule is COc1cccc(C=O)c1OP1(Cl)=NP(Cl)(Cl)=NP(Cl)(Cl)=N1. The number of para-hydroxylation sites is 1. The van der Waals surface area contributed by atoms with Crippen LogP contribution in [-0.2, 0) is 0 Å². The van der Waals surface area contributed by atoms with Gasteiger partial charge in [-0.1, -0.05) is 6.07 Å². The van der Waals surface area contributed by atoms with E-state index in [-0.39, 0.29) is 17.1 Å². The maximum Gasteiger partial charge on any atom is 0.350 e. The number of carbonyl (C=O) groups is 1. The van der Waals surface area contributed by atoms with Crippen LogP contribution in [0.15, 0.2) is 31.7 Å². The highest BCUT2D eigenvalue weighted by molar-refractivity contribution is 8.22. The second kappa shape index (κ2) is 6.86. The Labute approximate surface area is 150 Å². The maximum absolute atomic E-state index is 11.2. The molecule has 1 heterocycles. The van der Waals surface area contributed by atoms with Crippen molar-refractivity contribution in [3.8, 4) is 11.5 Å². The summed E-state index contributed by atoms with van der Waals surface area (Å²) in [7, 11) is 1.40. The third kappa shape index (κ3) is 4.59. The van der Waals surface area contributed by atoms with Gasteiger partial charge >= 0.3 is 6.78 Å². The Morgan fingerprint density at radius 3 is 2.23 bits per heavy atom. The molecule has 2 rings (SSSR count). The average molecular weight is 463 g/mol. The van der Waals surface area contributed by atoms with Crippen molar-refractivity contribution in [3.63, 3.8) is 0 Å². The Kier molecular flexibility index (Phi) is 5.91. The minimum absolute atomic E-state index is 0.0550. The van der Waals surface area contributed by atoms with Gasteiger partial charge in [0.1, 0.15) is 0 Å². The van der Waals surface area contributed by atoms with E-state index in [0.717, 1.165) is 0 Å². The first kappa shape index (κ1) is 19.0. The molecule has 1 aliphatic rings. The second-order valence-corrected chi connectivity index (χ2v) is 16.9. The zero-order valence-corrected chi connectivity index (χ0v) is 17.1. The lowest BCUT2D eigenvalue weighted by Gasteiger charge is -2.23. The van der Waals surface area contributed by atoms with E-state index >= 15 is 0 Å². The fourth-order valence-corrected chi connectivity index (χ4v) is 18.0. The number of nitrogens with zero attached hydrogens (tertiary/aromatic N) is 3. The summed E-state index contributed by atoms with van der Waals surface area (Å²) in [6.45, 7) is -3.45. The normalized spacial score (nSPS) is 25.2.